The maximum absolute atomic E-state index is 6.58. The third kappa shape index (κ3) is 4.99. The summed E-state index contributed by atoms with van der Waals surface area (Å²) in [5.74, 6) is 0. The minimum Gasteiger partial charge on any atom is -0.456 e. The van der Waals surface area contributed by atoms with Crippen molar-refractivity contribution in [3.63, 3.8) is 0 Å². The first-order valence-electron chi connectivity index (χ1n) is 21.9. The van der Waals surface area contributed by atoms with Crippen molar-refractivity contribution in [1.82, 2.24) is 9.13 Å². The highest BCUT2D eigenvalue weighted by molar-refractivity contribution is 6.26. The fourth-order valence-electron chi connectivity index (χ4n) is 10.7. The monoisotopic (exact) mass is 815 g/mol. The van der Waals surface area contributed by atoms with Gasteiger partial charge in [-0.3, -0.25) is 0 Å². The Kier molecular flexibility index (Phi) is 7.36. The van der Waals surface area contributed by atoms with Gasteiger partial charge in [0.05, 0.1) is 27.8 Å². The number of fused-ring (bicyclic) bond motifs is 15. The lowest BCUT2D eigenvalue weighted by molar-refractivity contribution is 0.669. The summed E-state index contributed by atoms with van der Waals surface area (Å²) in [6.07, 6.45) is 0. The summed E-state index contributed by atoms with van der Waals surface area (Å²) in [7, 11) is 0. The molecule has 0 aliphatic carbocycles. The van der Waals surface area contributed by atoms with Crippen LogP contribution < -0.4 is 4.90 Å². The highest BCUT2D eigenvalue weighted by Crippen LogP contribution is 2.47. The van der Waals surface area contributed by atoms with Crippen molar-refractivity contribution in [2.75, 3.05) is 4.90 Å². The number of hydrogen-bond donors (Lipinski definition) is 0. The van der Waals surface area contributed by atoms with E-state index in [9.17, 15) is 0 Å². The quantitative estimate of drug-likeness (QED) is 0.162. The summed E-state index contributed by atoms with van der Waals surface area (Å²) in [6, 6.07) is 81.6. The third-order valence-electron chi connectivity index (χ3n) is 13.5. The summed E-state index contributed by atoms with van der Waals surface area (Å²) in [4.78, 5) is 2.44. The van der Waals surface area contributed by atoms with E-state index in [0.717, 1.165) is 61.4 Å². The Morgan fingerprint density at radius 1 is 0.281 bits per heavy atom. The van der Waals surface area contributed by atoms with Crippen molar-refractivity contribution >= 4 is 115 Å². The van der Waals surface area contributed by atoms with Gasteiger partial charge in [0.25, 0.3) is 0 Å². The van der Waals surface area contributed by atoms with Gasteiger partial charge in [-0.05, 0) is 111 Å². The molecule has 0 aliphatic rings. The van der Waals surface area contributed by atoms with Crippen molar-refractivity contribution in [2.24, 2.45) is 0 Å². The normalized spacial score (nSPS) is 12.1. The van der Waals surface area contributed by atoms with E-state index in [2.05, 4.69) is 232 Å². The lowest BCUT2D eigenvalue weighted by Crippen LogP contribution is -2.10. The van der Waals surface area contributed by atoms with Crippen molar-refractivity contribution < 1.29 is 4.42 Å². The Balaban J connectivity index is 1.06. The second kappa shape index (κ2) is 13.4. The number of nitrogens with zero attached hydrogens (tertiary/aromatic N) is 3. The molecule has 0 saturated carbocycles. The molecule has 14 rings (SSSR count). The zero-order chi connectivity index (χ0) is 41.9. The summed E-state index contributed by atoms with van der Waals surface area (Å²) >= 11 is 0. The fraction of sp³-hybridized carbons (Fsp3) is 0. The molecule has 0 amide bonds. The maximum atomic E-state index is 6.58. The summed E-state index contributed by atoms with van der Waals surface area (Å²) in [5, 5.41) is 14.5. The zero-order valence-electron chi connectivity index (χ0n) is 34.6. The fourth-order valence-corrected chi connectivity index (χ4v) is 10.7. The molecule has 0 N–H and O–H groups in total. The van der Waals surface area contributed by atoms with Crippen molar-refractivity contribution in [1.29, 1.82) is 0 Å². The Labute approximate surface area is 367 Å². The van der Waals surface area contributed by atoms with E-state index >= 15 is 0 Å². The average Bonchev–Trinajstić information content (AvgIpc) is 4.02. The summed E-state index contributed by atoms with van der Waals surface area (Å²) in [5.41, 5.74) is 11.8. The number of rotatable bonds is 5. The number of benzene rings is 11. The van der Waals surface area contributed by atoms with Crippen LogP contribution in [0.5, 0.6) is 0 Å². The smallest absolute Gasteiger partial charge is 0.137 e. The molecule has 0 fully saturated rings. The number of para-hydroxylation sites is 4. The predicted octanol–water partition coefficient (Wildman–Crippen LogP) is 16.7. The first-order valence-corrected chi connectivity index (χ1v) is 21.9. The average molecular weight is 816 g/mol. The van der Waals surface area contributed by atoms with E-state index in [1.54, 1.807) is 0 Å². The number of hydrogen-bond acceptors (Lipinski definition) is 2. The number of aromatic nitrogens is 2. The number of furan rings is 1. The Morgan fingerprint density at radius 3 is 1.53 bits per heavy atom. The highest BCUT2D eigenvalue weighted by atomic mass is 16.3. The first kappa shape index (κ1) is 35.0. The van der Waals surface area contributed by atoms with E-state index in [0.29, 0.717) is 0 Å². The van der Waals surface area contributed by atoms with Crippen LogP contribution in [0.1, 0.15) is 0 Å². The molecule has 3 aromatic heterocycles. The second-order valence-electron chi connectivity index (χ2n) is 16.8. The van der Waals surface area contributed by atoms with Crippen LogP contribution in [0.3, 0.4) is 0 Å². The molecule has 11 aromatic carbocycles. The lowest BCUT2D eigenvalue weighted by atomic mass is 9.94. The third-order valence-corrected chi connectivity index (χ3v) is 13.5. The van der Waals surface area contributed by atoms with Gasteiger partial charge in [0.1, 0.15) is 11.2 Å². The van der Waals surface area contributed by atoms with Gasteiger partial charge in [-0.2, -0.15) is 0 Å². The van der Waals surface area contributed by atoms with E-state index in [1.807, 2.05) is 6.07 Å². The molecule has 0 unspecified atom stereocenters. The van der Waals surface area contributed by atoms with Crippen LogP contribution in [0.2, 0.25) is 0 Å². The van der Waals surface area contributed by atoms with E-state index in [1.165, 1.54) is 64.9 Å². The molecule has 0 bridgehead atoms. The van der Waals surface area contributed by atoms with E-state index < -0.39 is 0 Å². The van der Waals surface area contributed by atoms with Gasteiger partial charge in [-0.1, -0.05) is 140 Å². The van der Waals surface area contributed by atoms with Gasteiger partial charge < -0.3 is 18.5 Å². The van der Waals surface area contributed by atoms with Crippen LogP contribution in [0.4, 0.5) is 17.1 Å². The minimum absolute atomic E-state index is 0.859. The van der Waals surface area contributed by atoms with Crippen molar-refractivity contribution in [2.45, 2.75) is 0 Å². The molecule has 0 atom stereocenters. The molecule has 3 heterocycles. The van der Waals surface area contributed by atoms with Crippen LogP contribution in [0, 0.1) is 0 Å². The van der Waals surface area contributed by atoms with Crippen LogP contribution >= 0.6 is 0 Å². The topological polar surface area (TPSA) is 26.2 Å². The Bertz CT molecular complexity index is 4170. The van der Waals surface area contributed by atoms with Crippen LogP contribution in [0.25, 0.3) is 109 Å². The van der Waals surface area contributed by atoms with Crippen LogP contribution in [0.15, 0.2) is 229 Å². The predicted molar refractivity (Wildman–Crippen MR) is 270 cm³/mol. The molecule has 4 nitrogen and oxygen atoms in total. The largest absolute Gasteiger partial charge is 0.456 e. The molecule has 0 aliphatic heterocycles. The van der Waals surface area contributed by atoms with Gasteiger partial charge in [0.2, 0.25) is 0 Å². The van der Waals surface area contributed by atoms with Gasteiger partial charge in [0, 0.05) is 61.1 Å². The molecule has 0 radical (unpaired) electrons. The summed E-state index contributed by atoms with van der Waals surface area (Å²) in [6.45, 7) is 0. The lowest BCUT2D eigenvalue weighted by Gasteiger charge is -2.27. The first-order chi connectivity index (χ1) is 31.8. The SMILES string of the molecule is c1ccc(-n2c3ccccc3c3ccc(-n4c5ccccc5c5c(N(c6ccc7c(c6)oc6ccccc67)c6ccc7c8ccccc8c8ccccc8c7c6)cccc54)cc32)cc1. The van der Waals surface area contributed by atoms with Gasteiger partial charge in [-0.25, -0.2) is 0 Å². The molecule has 4 heteroatoms. The minimum atomic E-state index is 0.859. The van der Waals surface area contributed by atoms with Gasteiger partial charge in [-0.15, -0.1) is 0 Å². The molecule has 14 aromatic rings. The van der Waals surface area contributed by atoms with Crippen LogP contribution in [-0.4, -0.2) is 9.13 Å². The van der Waals surface area contributed by atoms with Crippen molar-refractivity contribution in [3.8, 4) is 11.4 Å². The molecule has 64 heavy (non-hydrogen) atoms. The van der Waals surface area contributed by atoms with Gasteiger partial charge in [0.15, 0.2) is 0 Å². The molecular weight excluding hydrogens is 779 g/mol. The Morgan fingerprint density at radius 2 is 0.781 bits per heavy atom. The maximum Gasteiger partial charge on any atom is 0.137 e. The van der Waals surface area contributed by atoms with Crippen molar-refractivity contribution in [3.05, 3.63) is 224 Å². The van der Waals surface area contributed by atoms with E-state index in [-0.39, 0.29) is 0 Å². The summed E-state index contributed by atoms with van der Waals surface area (Å²) < 4.78 is 11.4. The zero-order valence-corrected chi connectivity index (χ0v) is 34.6. The van der Waals surface area contributed by atoms with E-state index in [4.69, 9.17) is 4.42 Å². The molecule has 298 valence electrons. The molecule has 0 spiro atoms. The molecule has 0 saturated heterocycles. The molecular formula is C60H37N3O. The highest BCUT2D eigenvalue weighted by Gasteiger charge is 2.24. The van der Waals surface area contributed by atoms with Gasteiger partial charge >= 0.3 is 0 Å². The Hall–Kier alpha value is -8.60. The number of anilines is 3. The van der Waals surface area contributed by atoms with Crippen LogP contribution in [-0.2, 0) is 0 Å². The standard InChI is InChI=1S/C60H37N3O/c1-2-15-38(16-3-1)62-53-24-11-8-21-47(53)48-33-30-40(36-57(48)62)63-54-25-12-9-23-51(54)60-55(26-14-27-56(60)63)61(41-31-34-50-49-22-10-13-28-58(49)64-59(50)37-41)39-29-32-46-44-19-5-4-17-42(44)43-18-6-7-20-45(43)52(46)35-39/h1-37H. The second-order valence-corrected chi connectivity index (χ2v) is 16.8.